The molecule has 0 saturated carbocycles. The van der Waals surface area contributed by atoms with E-state index in [9.17, 15) is 9.59 Å². The lowest BCUT2D eigenvalue weighted by Crippen LogP contribution is -2.34. The highest BCUT2D eigenvalue weighted by Crippen LogP contribution is 2.33. The summed E-state index contributed by atoms with van der Waals surface area (Å²) < 4.78 is 1.49. The van der Waals surface area contributed by atoms with E-state index in [2.05, 4.69) is 23.9 Å². The van der Waals surface area contributed by atoms with Gasteiger partial charge in [-0.05, 0) is 53.8 Å². The van der Waals surface area contributed by atoms with Crippen LogP contribution in [-0.2, 0) is 11.3 Å². The van der Waals surface area contributed by atoms with Gasteiger partial charge < -0.3 is 10.6 Å². The third-order valence-corrected chi connectivity index (χ3v) is 6.91. The zero-order valence-electron chi connectivity index (χ0n) is 22.4. The van der Waals surface area contributed by atoms with Crippen LogP contribution in [0.1, 0.15) is 44.2 Å². The van der Waals surface area contributed by atoms with Crippen LogP contribution in [0.5, 0.6) is 0 Å². The number of rotatable bonds is 8. The smallest absolute Gasteiger partial charge is 0.274 e. The first-order chi connectivity index (χ1) is 19.0. The van der Waals surface area contributed by atoms with E-state index in [0.717, 1.165) is 59.3 Å². The molecule has 1 amide bonds. The van der Waals surface area contributed by atoms with Crippen LogP contribution in [0, 0.1) is 0 Å². The third-order valence-electron chi connectivity index (χ3n) is 6.91. The fourth-order valence-corrected chi connectivity index (χ4v) is 5.00. The Labute approximate surface area is 228 Å². The molecule has 0 unspecified atom stereocenters. The number of benzene rings is 3. The number of amides is 1. The van der Waals surface area contributed by atoms with Gasteiger partial charge in [0.2, 0.25) is 5.91 Å². The summed E-state index contributed by atoms with van der Waals surface area (Å²) in [6.45, 7) is 6.02. The molecule has 198 valence electrons. The quantitative estimate of drug-likeness (QED) is 0.331. The molecule has 0 spiro atoms. The van der Waals surface area contributed by atoms with Crippen LogP contribution in [0.15, 0.2) is 88.3 Å². The van der Waals surface area contributed by atoms with Gasteiger partial charge in [0.05, 0.1) is 23.8 Å². The molecule has 0 radical (unpaired) electrons. The van der Waals surface area contributed by atoms with Gasteiger partial charge in [-0.15, -0.1) is 0 Å². The zero-order valence-corrected chi connectivity index (χ0v) is 22.4. The minimum absolute atomic E-state index is 0.0220. The SMILES string of the molecule is CCCN(CCC)C(=O)C1=Cc2ccc(-c3ccc4c(=O)n(Cc5ccccc5)ncc4c3)cc2N=C(N)C1. The van der Waals surface area contributed by atoms with Crippen molar-refractivity contribution in [3.8, 4) is 11.1 Å². The second-order valence-electron chi connectivity index (χ2n) is 9.91. The number of hydrogen-bond donors (Lipinski definition) is 1. The van der Waals surface area contributed by atoms with Crippen LogP contribution in [-0.4, -0.2) is 39.5 Å². The fraction of sp³-hybridized carbons (Fsp3) is 0.250. The molecular formula is C32H33N5O2. The first-order valence-electron chi connectivity index (χ1n) is 13.5. The summed E-state index contributed by atoms with van der Waals surface area (Å²) in [5, 5.41) is 5.82. The average molecular weight is 520 g/mol. The number of carbonyl (C=O) groups is 1. The molecule has 1 aliphatic rings. The average Bonchev–Trinajstić information content (AvgIpc) is 3.12. The van der Waals surface area contributed by atoms with Gasteiger partial charge in [-0.2, -0.15) is 5.10 Å². The van der Waals surface area contributed by atoms with Crippen LogP contribution in [0.25, 0.3) is 28.0 Å². The lowest BCUT2D eigenvalue weighted by atomic mass is 9.99. The molecule has 2 N–H and O–H groups in total. The standard InChI is InChI=1S/C32H33N5O2/c1-3-14-36(15-4-2)31(38)26-17-25-11-10-24(18-29(25)35-30(33)19-26)23-12-13-28-27(16-23)20-34-37(32(28)39)21-22-8-6-5-7-9-22/h5-13,16-18,20H,3-4,14-15,19,21H2,1-2H3,(H2,33,35). The van der Waals surface area contributed by atoms with Crippen molar-refractivity contribution in [2.45, 2.75) is 39.7 Å². The molecule has 5 rings (SSSR count). The molecule has 1 aliphatic heterocycles. The van der Waals surface area contributed by atoms with Crippen LogP contribution >= 0.6 is 0 Å². The number of nitrogens with zero attached hydrogens (tertiary/aromatic N) is 4. The number of aliphatic imine (C=N–C) groups is 1. The van der Waals surface area contributed by atoms with Gasteiger partial charge >= 0.3 is 0 Å². The number of carbonyl (C=O) groups excluding carboxylic acids is 1. The van der Waals surface area contributed by atoms with Gasteiger partial charge in [0, 0.05) is 36.0 Å². The molecule has 39 heavy (non-hydrogen) atoms. The maximum atomic E-state index is 13.3. The topological polar surface area (TPSA) is 93.6 Å². The normalized spacial score (nSPS) is 12.9. The minimum atomic E-state index is -0.121. The van der Waals surface area contributed by atoms with Gasteiger partial charge in [-0.3, -0.25) is 9.59 Å². The highest BCUT2D eigenvalue weighted by atomic mass is 16.2. The predicted molar refractivity (Wildman–Crippen MR) is 158 cm³/mol. The van der Waals surface area contributed by atoms with Crippen LogP contribution < -0.4 is 11.3 Å². The van der Waals surface area contributed by atoms with Crippen molar-refractivity contribution in [1.82, 2.24) is 14.7 Å². The second kappa shape index (κ2) is 11.5. The van der Waals surface area contributed by atoms with E-state index in [-0.39, 0.29) is 11.5 Å². The Balaban J connectivity index is 1.46. The monoisotopic (exact) mass is 519 g/mol. The molecule has 0 fully saturated rings. The summed E-state index contributed by atoms with van der Waals surface area (Å²) in [7, 11) is 0. The molecule has 7 heteroatoms. The van der Waals surface area contributed by atoms with Gasteiger partial charge in [0.1, 0.15) is 5.84 Å². The van der Waals surface area contributed by atoms with Crippen molar-refractivity contribution in [1.29, 1.82) is 0 Å². The van der Waals surface area contributed by atoms with E-state index in [1.165, 1.54) is 4.68 Å². The summed E-state index contributed by atoms with van der Waals surface area (Å²) >= 11 is 0. The minimum Gasteiger partial charge on any atom is -0.387 e. The van der Waals surface area contributed by atoms with E-state index in [4.69, 9.17) is 5.73 Å². The summed E-state index contributed by atoms with van der Waals surface area (Å²) in [6, 6.07) is 21.6. The van der Waals surface area contributed by atoms with Gasteiger partial charge in [0.25, 0.3) is 5.56 Å². The molecule has 1 aromatic heterocycles. The van der Waals surface area contributed by atoms with Gasteiger partial charge in [0.15, 0.2) is 0 Å². The lowest BCUT2D eigenvalue weighted by Gasteiger charge is -2.22. The van der Waals surface area contributed by atoms with E-state index < -0.39 is 0 Å². The van der Waals surface area contributed by atoms with E-state index in [0.29, 0.717) is 29.8 Å². The van der Waals surface area contributed by atoms with Crippen molar-refractivity contribution in [2.24, 2.45) is 10.7 Å². The summed E-state index contributed by atoms with van der Waals surface area (Å²) in [5.74, 6) is 0.439. The van der Waals surface area contributed by atoms with Crippen LogP contribution in [0.2, 0.25) is 0 Å². The van der Waals surface area contributed by atoms with Crippen molar-refractivity contribution in [3.05, 3.63) is 100.0 Å². The molecule has 3 aromatic carbocycles. The third kappa shape index (κ3) is 5.67. The van der Waals surface area contributed by atoms with E-state index in [1.807, 2.05) is 77.7 Å². The Morgan fingerprint density at radius 2 is 1.69 bits per heavy atom. The fourth-order valence-electron chi connectivity index (χ4n) is 5.00. The zero-order chi connectivity index (χ0) is 27.4. The summed E-state index contributed by atoms with van der Waals surface area (Å²) in [4.78, 5) is 32.9. The molecule has 2 heterocycles. The Kier molecular flexibility index (Phi) is 7.68. The predicted octanol–water partition coefficient (Wildman–Crippen LogP) is 5.54. The molecule has 0 atom stereocenters. The molecular weight excluding hydrogens is 486 g/mol. The van der Waals surface area contributed by atoms with E-state index >= 15 is 0 Å². The molecule has 4 aromatic rings. The molecule has 7 nitrogen and oxygen atoms in total. The van der Waals surface area contributed by atoms with E-state index in [1.54, 1.807) is 6.20 Å². The Hall–Kier alpha value is -4.52. The van der Waals surface area contributed by atoms with Crippen molar-refractivity contribution in [3.63, 3.8) is 0 Å². The first-order valence-corrected chi connectivity index (χ1v) is 13.5. The maximum absolute atomic E-state index is 13.3. The summed E-state index contributed by atoms with van der Waals surface area (Å²) in [5.41, 5.74) is 11.3. The summed E-state index contributed by atoms with van der Waals surface area (Å²) in [6.07, 6.45) is 5.80. The first kappa shape index (κ1) is 26.1. The molecule has 0 bridgehead atoms. The van der Waals surface area contributed by atoms with Gasteiger partial charge in [-0.25, -0.2) is 9.67 Å². The molecule has 0 aliphatic carbocycles. The maximum Gasteiger partial charge on any atom is 0.274 e. The molecule has 0 saturated heterocycles. The Morgan fingerprint density at radius 1 is 0.974 bits per heavy atom. The van der Waals surface area contributed by atoms with Gasteiger partial charge in [-0.1, -0.05) is 62.4 Å². The number of aromatic nitrogens is 2. The van der Waals surface area contributed by atoms with Crippen LogP contribution in [0.4, 0.5) is 5.69 Å². The number of nitrogens with two attached hydrogens (primary N) is 1. The Morgan fingerprint density at radius 3 is 2.44 bits per heavy atom. The number of amidine groups is 1. The highest BCUT2D eigenvalue weighted by molar-refractivity contribution is 6.05. The highest BCUT2D eigenvalue weighted by Gasteiger charge is 2.21. The largest absolute Gasteiger partial charge is 0.387 e. The van der Waals surface area contributed by atoms with Crippen molar-refractivity contribution in [2.75, 3.05) is 13.1 Å². The number of fused-ring (bicyclic) bond motifs is 2. The number of hydrogen-bond acceptors (Lipinski definition) is 5. The van der Waals surface area contributed by atoms with Crippen molar-refractivity contribution < 1.29 is 4.79 Å². The lowest BCUT2D eigenvalue weighted by molar-refractivity contribution is -0.127. The van der Waals surface area contributed by atoms with Crippen molar-refractivity contribution >= 4 is 34.3 Å². The Bertz CT molecular complexity index is 1630. The second-order valence-corrected chi connectivity index (χ2v) is 9.91. The van der Waals surface area contributed by atoms with Crippen LogP contribution in [0.3, 0.4) is 0 Å².